The van der Waals surface area contributed by atoms with Crippen molar-refractivity contribution in [3.63, 3.8) is 0 Å². The summed E-state index contributed by atoms with van der Waals surface area (Å²) < 4.78 is 11.3. The van der Waals surface area contributed by atoms with Crippen LogP contribution in [-0.2, 0) is 15.1 Å². The van der Waals surface area contributed by atoms with Crippen LogP contribution < -0.4 is 5.32 Å². The molecule has 1 atom stereocenters. The number of ether oxygens (including phenoxy) is 1. The Balaban J connectivity index is 1.75. The van der Waals surface area contributed by atoms with Crippen LogP contribution in [0.2, 0.25) is 0 Å². The van der Waals surface area contributed by atoms with Crippen LogP contribution in [0.15, 0.2) is 46.9 Å². The van der Waals surface area contributed by atoms with Crippen LogP contribution in [0.25, 0.3) is 22.6 Å². The third-order valence-electron chi connectivity index (χ3n) is 4.33. The number of benzene rings is 2. The first-order valence-electron chi connectivity index (χ1n) is 7.90. The summed E-state index contributed by atoms with van der Waals surface area (Å²) in [6, 6.07) is 13.8. The highest BCUT2D eigenvalue weighted by Crippen LogP contribution is 2.30. The molecule has 5 nitrogen and oxygen atoms in total. The number of carbonyl (C=O) groups is 1. The fourth-order valence-electron chi connectivity index (χ4n) is 3.03. The Hall–Kier alpha value is -2.66. The van der Waals surface area contributed by atoms with Gasteiger partial charge in [0.05, 0.1) is 12.1 Å². The largest absolute Gasteiger partial charge is 0.436 e. The molecule has 3 aromatic rings. The molecule has 1 N–H and O–H groups in total. The third kappa shape index (κ3) is 2.57. The smallest absolute Gasteiger partial charge is 0.246 e. The van der Waals surface area contributed by atoms with Crippen LogP contribution in [0.3, 0.4) is 0 Å². The maximum absolute atomic E-state index is 11.7. The molecule has 122 valence electrons. The minimum absolute atomic E-state index is 0.105. The third-order valence-corrected chi connectivity index (χ3v) is 4.33. The Kier molecular flexibility index (Phi) is 3.39. The number of amides is 1. The second kappa shape index (κ2) is 5.46. The number of oxazole rings is 1. The van der Waals surface area contributed by atoms with Gasteiger partial charge in [0.25, 0.3) is 0 Å². The lowest BCUT2D eigenvalue weighted by Crippen LogP contribution is -2.52. The van der Waals surface area contributed by atoms with E-state index in [0.29, 0.717) is 12.5 Å². The SMILES string of the molecule is Cc1ccc2nc(-c3cccc(C4(C)COCC(=O)N4)c3)oc2c1. The maximum atomic E-state index is 11.7. The van der Waals surface area contributed by atoms with Crippen molar-refractivity contribution in [3.8, 4) is 11.5 Å². The molecule has 0 saturated carbocycles. The second-order valence-corrected chi connectivity index (χ2v) is 6.44. The molecule has 1 fully saturated rings. The average molecular weight is 322 g/mol. The molecule has 0 bridgehead atoms. The van der Waals surface area contributed by atoms with E-state index in [1.165, 1.54) is 0 Å². The van der Waals surface area contributed by atoms with Crippen molar-refractivity contribution < 1.29 is 13.9 Å². The van der Waals surface area contributed by atoms with Gasteiger partial charge in [-0.25, -0.2) is 4.98 Å². The van der Waals surface area contributed by atoms with E-state index in [9.17, 15) is 4.79 Å². The fraction of sp³-hybridized carbons (Fsp3) is 0.263. The first kappa shape index (κ1) is 14.9. The number of aryl methyl sites for hydroxylation is 1. The molecule has 1 aliphatic heterocycles. The van der Waals surface area contributed by atoms with Gasteiger partial charge in [-0.3, -0.25) is 4.79 Å². The summed E-state index contributed by atoms with van der Waals surface area (Å²) in [5.41, 5.74) is 4.04. The Bertz CT molecular complexity index is 931. The van der Waals surface area contributed by atoms with Gasteiger partial charge in [-0.15, -0.1) is 0 Å². The van der Waals surface area contributed by atoms with Gasteiger partial charge in [0.2, 0.25) is 11.8 Å². The minimum Gasteiger partial charge on any atom is -0.436 e. The number of nitrogens with one attached hydrogen (secondary N) is 1. The Labute approximate surface area is 139 Å². The van der Waals surface area contributed by atoms with Gasteiger partial charge in [-0.2, -0.15) is 0 Å². The second-order valence-electron chi connectivity index (χ2n) is 6.44. The number of carbonyl (C=O) groups excluding carboxylic acids is 1. The van der Waals surface area contributed by atoms with E-state index in [1.807, 2.05) is 56.3 Å². The van der Waals surface area contributed by atoms with E-state index in [4.69, 9.17) is 9.15 Å². The van der Waals surface area contributed by atoms with Gasteiger partial charge in [0.15, 0.2) is 5.58 Å². The van der Waals surface area contributed by atoms with Gasteiger partial charge < -0.3 is 14.5 Å². The molecule has 0 radical (unpaired) electrons. The lowest BCUT2D eigenvalue weighted by molar-refractivity contribution is -0.135. The van der Waals surface area contributed by atoms with Crippen molar-refractivity contribution in [2.24, 2.45) is 0 Å². The highest BCUT2D eigenvalue weighted by molar-refractivity contribution is 5.79. The van der Waals surface area contributed by atoms with E-state index in [1.54, 1.807) is 0 Å². The molecule has 0 aliphatic carbocycles. The monoisotopic (exact) mass is 322 g/mol. The Morgan fingerprint density at radius 3 is 2.92 bits per heavy atom. The quantitative estimate of drug-likeness (QED) is 0.787. The van der Waals surface area contributed by atoms with Crippen LogP contribution in [-0.4, -0.2) is 24.1 Å². The van der Waals surface area contributed by atoms with Gasteiger partial charge in [0.1, 0.15) is 12.1 Å². The van der Waals surface area contributed by atoms with Crippen LogP contribution in [0.1, 0.15) is 18.1 Å². The van der Waals surface area contributed by atoms with Crippen molar-refractivity contribution in [3.05, 3.63) is 53.6 Å². The average Bonchev–Trinajstić information content (AvgIpc) is 2.98. The highest BCUT2D eigenvalue weighted by Gasteiger charge is 2.33. The molecular weight excluding hydrogens is 304 g/mol. The summed E-state index contributed by atoms with van der Waals surface area (Å²) in [6.07, 6.45) is 0. The molecule has 1 aromatic heterocycles. The molecule has 2 heterocycles. The number of hydrogen-bond acceptors (Lipinski definition) is 4. The molecule has 1 amide bonds. The van der Waals surface area contributed by atoms with E-state index in [0.717, 1.165) is 27.8 Å². The normalized spacial score (nSPS) is 21.0. The lowest BCUT2D eigenvalue weighted by atomic mass is 9.90. The summed E-state index contributed by atoms with van der Waals surface area (Å²) >= 11 is 0. The minimum atomic E-state index is -0.548. The number of rotatable bonds is 2. The van der Waals surface area contributed by atoms with Gasteiger partial charge in [-0.05, 0) is 49.2 Å². The molecule has 0 spiro atoms. The fourth-order valence-corrected chi connectivity index (χ4v) is 3.03. The van der Waals surface area contributed by atoms with E-state index < -0.39 is 5.54 Å². The van der Waals surface area contributed by atoms with Gasteiger partial charge in [-0.1, -0.05) is 18.2 Å². The number of fused-ring (bicyclic) bond motifs is 1. The van der Waals surface area contributed by atoms with Crippen molar-refractivity contribution in [2.45, 2.75) is 19.4 Å². The summed E-state index contributed by atoms with van der Waals surface area (Å²) in [4.78, 5) is 16.3. The number of morpholine rings is 1. The number of hydrogen-bond donors (Lipinski definition) is 1. The van der Waals surface area contributed by atoms with Crippen molar-refractivity contribution in [2.75, 3.05) is 13.2 Å². The Morgan fingerprint density at radius 1 is 1.21 bits per heavy atom. The maximum Gasteiger partial charge on any atom is 0.246 e. The zero-order chi connectivity index (χ0) is 16.7. The molecular formula is C19H18N2O3. The molecule has 24 heavy (non-hydrogen) atoms. The summed E-state index contributed by atoms with van der Waals surface area (Å²) in [7, 11) is 0. The standard InChI is InChI=1S/C19H18N2O3/c1-12-6-7-15-16(8-12)24-18(20-15)13-4-3-5-14(9-13)19(2)11-23-10-17(22)21-19/h3-9H,10-11H2,1-2H3,(H,21,22). The lowest BCUT2D eigenvalue weighted by Gasteiger charge is -2.35. The molecule has 1 saturated heterocycles. The Morgan fingerprint density at radius 2 is 2.08 bits per heavy atom. The molecule has 1 aliphatic rings. The van der Waals surface area contributed by atoms with Crippen LogP contribution in [0.4, 0.5) is 0 Å². The molecule has 2 aromatic carbocycles. The van der Waals surface area contributed by atoms with Gasteiger partial charge in [0, 0.05) is 5.56 Å². The zero-order valence-electron chi connectivity index (χ0n) is 13.6. The van der Waals surface area contributed by atoms with Crippen molar-refractivity contribution in [1.82, 2.24) is 10.3 Å². The predicted molar refractivity (Wildman–Crippen MR) is 90.5 cm³/mol. The molecule has 5 heteroatoms. The predicted octanol–water partition coefficient (Wildman–Crippen LogP) is 3.16. The molecule has 4 rings (SSSR count). The zero-order valence-corrected chi connectivity index (χ0v) is 13.6. The van der Waals surface area contributed by atoms with E-state index >= 15 is 0 Å². The number of aromatic nitrogens is 1. The van der Waals surface area contributed by atoms with Crippen LogP contribution >= 0.6 is 0 Å². The van der Waals surface area contributed by atoms with E-state index in [2.05, 4.69) is 10.3 Å². The van der Waals surface area contributed by atoms with E-state index in [-0.39, 0.29) is 12.5 Å². The van der Waals surface area contributed by atoms with Gasteiger partial charge >= 0.3 is 0 Å². The highest BCUT2D eigenvalue weighted by atomic mass is 16.5. The molecule has 1 unspecified atom stereocenters. The summed E-state index contributed by atoms with van der Waals surface area (Å²) in [5.74, 6) is 0.468. The van der Waals surface area contributed by atoms with Crippen LogP contribution in [0, 0.1) is 6.92 Å². The summed E-state index contributed by atoms with van der Waals surface area (Å²) in [6.45, 7) is 4.53. The summed E-state index contributed by atoms with van der Waals surface area (Å²) in [5, 5.41) is 3.01. The topological polar surface area (TPSA) is 64.4 Å². The van der Waals surface area contributed by atoms with Crippen LogP contribution in [0.5, 0.6) is 0 Å². The number of nitrogens with zero attached hydrogens (tertiary/aromatic N) is 1. The first-order valence-corrected chi connectivity index (χ1v) is 7.90. The van der Waals surface area contributed by atoms with Crippen molar-refractivity contribution in [1.29, 1.82) is 0 Å². The first-order chi connectivity index (χ1) is 11.5. The van der Waals surface area contributed by atoms with Crippen molar-refractivity contribution >= 4 is 17.0 Å².